The minimum Gasteiger partial charge on any atom is -0.507 e. The zero-order chi connectivity index (χ0) is 20.8. The molecule has 3 amide bonds. The van der Waals surface area contributed by atoms with E-state index >= 15 is 0 Å². The van der Waals surface area contributed by atoms with E-state index in [9.17, 15) is 19.5 Å². The third-order valence-corrected chi connectivity index (χ3v) is 5.31. The summed E-state index contributed by atoms with van der Waals surface area (Å²) < 4.78 is 0.893. The lowest BCUT2D eigenvalue weighted by Gasteiger charge is -2.35. The molecule has 29 heavy (non-hydrogen) atoms. The van der Waals surface area contributed by atoms with Gasteiger partial charge in [-0.2, -0.15) is 0 Å². The number of phenols is 1. The van der Waals surface area contributed by atoms with E-state index < -0.39 is 0 Å². The molecule has 1 fully saturated rings. The minimum absolute atomic E-state index is 0.0440. The maximum absolute atomic E-state index is 12.5. The standard InChI is InChI=1S/C21H22BrN3O4/c22-16-7-5-15(6-8-16)20(28)23-10-9-19(27)24-11-13-25(14-12-24)21(29)17-3-1-2-4-18(17)26/h1-8,26H,9-14H2,(H,23,28). The molecular weight excluding hydrogens is 438 g/mol. The Hall–Kier alpha value is -2.87. The van der Waals surface area contributed by atoms with Gasteiger partial charge in [0.15, 0.2) is 0 Å². The lowest BCUT2D eigenvalue weighted by Crippen LogP contribution is -2.51. The highest BCUT2D eigenvalue weighted by atomic mass is 79.9. The number of carbonyl (C=O) groups is 3. The van der Waals surface area contributed by atoms with Crippen LogP contribution in [0.15, 0.2) is 53.0 Å². The average Bonchev–Trinajstić information content (AvgIpc) is 2.74. The van der Waals surface area contributed by atoms with E-state index in [0.717, 1.165) is 4.47 Å². The smallest absolute Gasteiger partial charge is 0.257 e. The number of hydrogen-bond acceptors (Lipinski definition) is 4. The molecule has 1 aliphatic heterocycles. The molecule has 2 aromatic carbocycles. The van der Waals surface area contributed by atoms with Gasteiger partial charge in [0.1, 0.15) is 5.75 Å². The van der Waals surface area contributed by atoms with Crippen LogP contribution in [-0.4, -0.2) is 65.4 Å². The lowest BCUT2D eigenvalue weighted by molar-refractivity contribution is -0.132. The van der Waals surface area contributed by atoms with Crippen LogP contribution in [0.5, 0.6) is 5.75 Å². The quantitative estimate of drug-likeness (QED) is 0.717. The summed E-state index contributed by atoms with van der Waals surface area (Å²) in [5, 5.41) is 12.6. The predicted octanol–water partition coefficient (Wildman–Crippen LogP) is 2.26. The summed E-state index contributed by atoms with van der Waals surface area (Å²) in [6.45, 7) is 1.93. The van der Waals surface area contributed by atoms with Gasteiger partial charge in [-0.1, -0.05) is 28.1 Å². The minimum atomic E-state index is -0.239. The fourth-order valence-electron chi connectivity index (χ4n) is 3.13. The summed E-state index contributed by atoms with van der Waals surface area (Å²) in [5.74, 6) is -0.561. The zero-order valence-electron chi connectivity index (χ0n) is 15.8. The molecule has 0 aliphatic carbocycles. The van der Waals surface area contributed by atoms with E-state index in [2.05, 4.69) is 21.2 Å². The monoisotopic (exact) mass is 459 g/mol. The highest BCUT2D eigenvalue weighted by molar-refractivity contribution is 9.10. The van der Waals surface area contributed by atoms with Crippen LogP contribution in [-0.2, 0) is 4.79 Å². The van der Waals surface area contributed by atoms with E-state index in [1.165, 1.54) is 6.07 Å². The Bertz CT molecular complexity index is 893. The van der Waals surface area contributed by atoms with Crippen LogP contribution in [0.3, 0.4) is 0 Å². The second-order valence-corrected chi connectivity index (χ2v) is 7.62. The van der Waals surface area contributed by atoms with Gasteiger partial charge in [-0.05, 0) is 36.4 Å². The first-order valence-electron chi connectivity index (χ1n) is 9.34. The Morgan fingerprint density at radius 3 is 2.21 bits per heavy atom. The normalized spacial score (nSPS) is 13.8. The number of piperazine rings is 1. The number of nitrogens with zero attached hydrogens (tertiary/aromatic N) is 2. The van der Waals surface area contributed by atoms with Crippen LogP contribution >= 0.6 is 15.9 Å². The third-order valence-electron chi connectivity index (χ3n) is 4.78. The van der Waals surface area contributed by atoms with Gasteiger partial charge in [-0.3, -0.25) is 14.4 Å². The predicted molar refractivity (Wildman–Crippen MR) is 112 cm³/mol. The summed E-state index contributed by atoms with van der Waals surface area (Å²) in [4.78, 5) is 40.3. The number of halogens is 1. The van der Waals surface area contributed by atoms with Crippen molar-refractivity contribution in [1.82, 2.24) is 15.1 Å². The van der Waals surface area contributed by atoms with Crippen molar-refractivity contribution < 1.29 is 19.5 Å². The molecule has 0 aromatic heterocycles. The molecule has 1 aliphatic rings. The number of carbonyl (C=O) groups excluding carboxylic acids is 3. The lowest BCUT2D eigenvalue weighted by atomic mass is 10.1. The van der Waals surface area contributed by atoms with Crippen LogP contribution in [0.1, 0.15) is 27.1 Å². The number of aromatic hydroxyl groups is 1. The second kappa shape index (κ2) is 9.56. The van der Waals surface area contributed by atoms with Crippen molar-refractivity contribution in [2.45, 2.75) is 6.42 Å². The number of phenolic OH excluding ortho intramolecular Hbond substituents is 1. The maximum atomic E-state index is 12.5. The number of hydrogen-bond donors (Lipinski definition) is 2. The molecule has 1 saturated heterocycles. The van der Waals surface area contributed by atoms with Crippen LogP contribution in [0.4, 0.5) is 0 Å². The first kappa shape index (κ1) is 20.9. The Morgan fingerprint density at radius 1 is 0.931 bits per heavy atom. The van der Waals surface area contributed by atoms with Crippen LogP contribution < -0.4 is 5.32 Å². The number of amides is 3. The fraction of sp³-hybridized carbons (Fsp3) is 0.286. The van der Waals surface area contributed by atoms with Gasteiger partial charge < -0.3 is 20.2 Å². The largest absolute Gasteiger partial charge is 0.507 e. The molecule has 0 saturated carbocycles. The van der Waals surface area contributed by atoms with E-state index in [1.807, 2.05) is 0 Å². The van der Waals surface area contributed by atoms with Crippen molar-refractivity contribution in [2.75, 3.05) is 32.7 Å². The van der Waals surface area contributed by atoms with Crippen molar-refractivity contribution in [3.05, 3.63) is 64.1 Å². The summed E-state index contributed by atoms with van der Waals surface area (Å²) in [6.07, 6.45) is 0.204. The average molecular weight is 460 g/mol. The molecular formula is C21H22BrN3O4. The van der Waals surface area contributed by atoms with Crippen molar-refractivity contribution in [3.63, 3.8) is 0 Å². The molecule has 0 atom stereocenters. The molecule has 0 unspecified atom stereocenters. The van der Waals surface area contributed by atoms with Gasteiger partial charge in [0.25, 0.3) is 11.8 Å². The second-order valence-electron chi connectivity index (χ2n) is 6.70. The van der Waals surface area contributed by atoms with Gasteiger partial charge in [-0.25, -0.2) is 0 Å². The van der Waals surface area contributed by atoms with Gasteiger partial charge >= 0.3 is 0 Å². The zero-order valence-corrected chi connectivity index (χ0v) is 17.4. The van der Waals surface area contributed by atoms with Crippen molar-refractivity contribution in [2.24, 2.45) is 0 Å². The number of nitrogens with one attached hydrogen (secondary N) is 1. The number of rotatable bonds is 5. The van der Waals surface area contributed by atoms with Gasteiger partial charge in [-0.15, -0.1) is 0 Å². The van der Waals surface area contributed by atoms with E-state index in [1.54, 1.807) is 52.3 Å². The summed E-state index contributed by atoms with van der Waals surface area (Å²) in [6, 6.07) is 13.4. The molecule has 0 spiro atoms. The Kier molecular flexibility index (Phi) is 6.87. The Labute approximate surface area is 177 Å². The molecule has 2 N–H and O–H groups in total. The molecule has 152 valence electrons. The molecule has 8 heteroatoms. The van der Waals surface area contributed by atoms with Crippen LogP contribution in [0, 0.1) is 0 Å². The number of para-hydroxylation sites is 1. The van der Waals surface area contributed by atoms with E-state index in [4.69, 9.17) is 0 Å². The number of benzene rings is 2. The van der Waals surface area contributed by atoms with E-state index in [-0.39, 0.29) is 42.0 Å². The van der Waals surface area contributed by atoms with Gasteiger partial charge in [0.05, 0.1) is 5.56 Å². The third kappa shape index (κ3) is 5.35. The first-order valence-corrected chi connectivity index (χ1v) is 10.1. The van der Waals surface area contributed by atoms with Crippen LogP contribution in [0.25, 0.3) is 0 Å². The van der Waals surface area contributed by atoms with Crippen molar-refractivity contribution >= 4 is 33.7 Å². The maximum Gasteiger partial charge on any atom is 0.257 e. The summed E-state index contributed by atoms with van der Waals surface area (Å²) in [7, 11) is 0. The van der Waals surface area contributed by atoms with E-state index in [0.29, 0.717) is 31.7 Å². The molecule has 7 nitrogen and oxygen atoms in total. The fourth-order valence-corrected chi connectivity index (χ4v) is 3.39. The molecule has 0 radical (unpaired) electrons. The molecule has 2 aromatic rings. The van der Waals surface area contributed by atoms with Crippen molar-refractivity contribution in [3.8, 4) is 5.75 Å². The first-order chi connectivity index (χ1) is 14.0. The van der Waals surface area contributed by atoms with Gasteiger partial charge in [0, 0.05) is 49.2 Å². The highest BCUT2D eigenvalue weighted by Crippen LogP contribution is 2.19. The Morgan fingerprint density at radius 2 is 1.55 bits per heavy atom. The molecule has 1 heterocycles. The SMILES string of the molecule is O=C(NCCC(=O)N1CCN(C(=O)c2ccccc2O)CC1)c1ccc(Br)cc1. The highest BCUT2D eigenvalue weighted by Gasteiger charge is 2.25. The summed E-state index contributed by atoms with van der Waals surface area (Å²) in [5.41, 5.74) is 0.805. The summed E-state index contributed by atoms with van der Waals surface area (Å²) >= 11 is 3.32. The topological polar surface area (TPSA) is 90.0 Å². The molecule has 3 rings (SSSR count). The van der Waals surface area contributed by atoms with Gasteiger partial charge in [0.2, 0.25) is 5.91 Å². The molecule has 0 bridgehead atoms. The van der Waals surface area contributed by atoms with Crippen LogP contribution in [0.2, 0.25) is 0 Å². The van der Waals surface area contributed by atoms with Crippen molar-refractivity contribution in [1.29, 1.82) is 0 Å². The Balaban J connectivity index is 1.43.